The van der Waals surface area contributed by atoms with Gasteiger partial charge < -0.3 is 10.1 Å². The molecule has 2 heterocycles. The maximum absolute atomic E-state index is 4.96. The summed E-state index contributed by atoms with van der Waals surface area (Å²) in [5.74, 6) is 1.05. The molecule has 1 N–H and O–H groups in total. The Kier molecular flexibility index (Phi) is 3.33. The van der Waals surface area contributed by atoms with E-state index < -0.39 is 0 Å². The fraction of sp³-hybridized carbons (Fsp3) is 0.385. The molecule has 0 bridgehead atoms. The fourth-order valence-corrected chi connectivity index (χ4v) is 1.68. The van der Waals surface area contributed by atoms with Crippen LogP contribution in [0.5, 0.6) is 5.88 Å². The number of ether oxygens (including phenoxy) is 1. The van der Waals surface area contributed by atoms with Gasteiger partial charge in [0.1, 0.15) is 5.69 Å². The summed E-state index contributed by atoms with van der Waals surface area (Å²) in [6.45, 7) is 0.819. The number of rotatable bonds is 5. The molecule has 19 heavy (non-hydrogen) atoms. The second-order valence-corrected chi connectivity index (χ2v) is 4.53. The van der Waals surface area contributed by atoms with Gasteiger partial charge in [0, 0.05) is 36.6 Å². The van der Waals surface area contributed by atoms with Crippen molar-refractivity contribution in [3.05, 3.63) is 30.1 Å². The third-order valence-electron chi connectivity index (χ3n) is 2.96. The first kappa shape index (κ1) is 12.0. The molecule has 0 radical (unpaired) electrons. The normalized spacial score (nSPS) is 14.4. The van der Waals surface area contributed by atoms with Gasteiger partial charge in [0.15, 0.2) is 5.82 Å². The Morgan fingerprint density at radius 3 is 2.58 bits per heavy atom. The molecule has 6 nitrogen and oxygen atoms in total. The Balaban J connectivity index is 1.69. The van der Waals surface area contributed by atoms with E-state index in [-0.39, 0.29) is 0 Å². The average Bonchev–Trinajstić information content (AvgIpc) is 3.30. The van der Waals surface area contributed by atoms with Crippen molar-refractivity contribution in [2.24, 2.45) is 0 Å². The zero-order chi connectivity index (χ0) is 13.1. The first-order valence-electron chi connectivity index (χ1n) is 6.27. The zero-order valence-electron chi connectivity index (χ0n) is 10.7. The van der Waals surface area contributed by atoms with Gasteiger partial charge in [-0.05, 0) is 18.9 Å². The molecule has 0 saturated heterocycles. The number of nitrogens with zero attached hydrogens (tertiary/aromatic N) is 4. The molecule has 0 aromatic carbocycles. The Bertz CT molecular complexity index is 536. The number of hydrogen-bond acceptors (Lipinski definition) is 6. The molecule has 2 aromatic heterocycles. The van der Waals surface area contributed by atoms with E-state index in [1.54, 1.807) is 19.2 Å². The highest BCUT2D eigenvalue weighted by Crippen LogP contribution is 2.19. The van der Waals surface area contributed by atoms with Crippen LogP contribution in [0.4, 0.5) is 0 Å². The zero-order valence-corrected chi connectivity index (χ0v) is 10.7. The SMILES string of the molecule is COc1ccc(-c2ncc(CNC3CC3)cn2)nn1. The molecule has 1 fully saturated rings. The van der Waals surface area contributed by atoms with E-state index in [0.29, 0.717) is 23.4 Å². The minimum Gasteiger partial charge on any atom is -0.480 e. The van der Waals surface area contributed by atoms with Crippen LogP contribution in [0.2, 0.25) is 0 Å². The molecule has 0 amide bonds. The largest absolute Gasteiger partial charge is 0.480 e. The molecule has 1 aliphatic carbocycles. The van der Waals surface area contributed by atoms with Crippen molar-refractivity contribution < 1.29 is 4.74 Å². The summed E-state index contributed by atoms with van der Waals surface area (Å²) in [7, 11) is 1.56. The lowest BCUT2D eigenvalue weighted by Crippen LogP contribution is -2.15. The van der Waals surface area contributed by atoms with Gasteiger partial charge in [-0.25, -0.2) is 9.97 Å². The smallest absolute Gasteiger partial charge is 0.233 e. The van der Waals surface area contributed by atoms with E-state index in [0.717, 1.165) is 12.1 Å². The Morgan fingerprint density at radius 2 is 2.00 bits per heavy atom. The molecule has 3 rings (SSSR count). The predicted molar refractivity (Wildman–Crippen MR) is 69.5 cm³/mol. The third kappa shape index (κ3) is 3.03. The Hall–Kier alpha value is -2.08. The van der Waals surface area contributed by atoms with Crippen LogP contribution in [-0.4, -0.2) is 33.3 Å². The van der Waals surface area contributed by atoms with Crippen molar-refractivity contribution in [1.82, 2.24) is 25.5 Å². The summed E-state index contributed by atoms with van der Waals surface area (Å²) in [4.78, 5) is 8.62. The first-order chi connectivity index (χ1) is 9.35. The van der Waals surface area contributed by atoms with Gasteiger partial charge >= 0.3 is 0 Å². The van der Waals surface area contributed by atoms with Crippen LogP contribution >= 0.6 is 0 Å². The van der Waals surface area contributed by atoms with Crippen LogP contribution < -0.4 is 10.1 Å². The van der Waals surface area contributed by atoms with Crippen LogP contribution in [-0.2, 0) is 6.54 Å². The van der Waals surface area contributed by atoms with E-state index >= 15 is 0 Å². The van der Waals surface area contributed by atoms with Gasteiger partial charge in [0.25, 0.3) is 0 Å². The highest BCUT2D eigenvalue weighted by atomic mass is 16.5. The molecular formula is C13H15N5O. The summed E-state index contributed by atoms with van der Waals surface area (Å²) in [6.07, 6.45) is 6.20. The molecule has 0 atom stereocenters. The number of methoxy groups -OCH3 is 1. The number of hydrogen-bond donors (Lipinski definition) is 1. The highest BCUT2D eigenvalue weighted by molar-refractivity contribution is 5.47. The quantitative estimate of drug-likeness (QED) is 0.867. The van der Waals surface area contributed by atoms with Gasteiger partial charge in [-0.2, -0.15) is 0 Å². The van der Waals surface area contributed by atoms with Crippen molar-refractivity contribution in [3.8, 4) is 17.4 Å². The van der Waals surface area contributed by atoms with Crippen LogP contribution in [0.15, 0.2) is 24.5 Å². The summed E-state index contributed by atoms with van der Waals surface area (Å²) in [5.41, 5.74) is 1.72. The first-order valence-corrected chi connectivity index (χ1v) is 6.27. The Labute approximate surface area is 111 Å². The van der Waals surface area contributed by atoms with Crippen molar-refractivity contribution in [1.29, 1.82) is 0 Å². The molecule has 0 spiro atoms. The lowest BCUT2D eigenvalue weighted by molar-refractivity contribution is 0.392. The number of nitrogens with one attached hydrogen (secondary N) is 1. The van der Waals surface area contributed by atoms with Crippen molar-refractivity contribution in [3.63, 3.8) is 0 Å². The fourth-order valence-electron chi connectivity index (χ4n) is 1.68. The van der Waals surface area contributed by atoms with E-state index in [1.165, 1.54) is 12.8 Å². The van der Waals surface area contributed by atoms with E-state index in [4.69, 9.17) is 4.74 Å². The van der Waals surface area contributed by atoms with Crippen LogP contribution in [0.3, 0.4) is 0 Å². The highest BCUT2D eigenvalue weighted by Gasteiger charge is 2.19. The van der Waals surface area contributed by atoms with Gasteiger partial charge in [-0.15, -0.1) is 10.2 Å². The number of aromatic nitrogens is 4. The molecule has 0 aliphatic heterocycles. The van der Waals surface area contributed by atoms with Crippen molar-refractivity contribution in [2.75, 3.05) is 7.11 Å². The van der Waals surface area contributed by atoms with Gasteiger partial charge in [0.2, 0.25) is 5.88 Å². The molecule has 0 unspecified atom stereocenters. The summed E-state index contributed by atoms with van der Waals surface area (Å²) in [6, 6.07) is 4.23. The minimum atomic E-state index is 0.481. The average molecular weight is 257 g/mol. The maximum Gasteiger partial charge on any atom is 0.233 e. The van der Waals surface area contributed by atoms with Crippen LogP contribution in [0.25, 0.3) is 11.5 Å². The van der Waals surface area contributed by atoms with E-state index in [1.807, 2.05) is 12.4 Å². The second-order valence-electron chi connectivity index (χ2n) is 4.53. The topological polar surface area (TPSA) is 72.8 Å². The predicted octanol–water partition coefficient (Wildman–Crippen LogP) is 1.19. The minimum absolute atomic E-state index is 0.481. The lowest BCUT2D eigenvalue weighted by atomic mass is 10.3. The molecule has 98 valence electrons. The van der Waals surface area contributed by atoms with Gasteiger partial charge in [0.05, 0.1) is 7.11 Å². The summed E-state index contributed by atoms with van der Waals surface area (Å²) < 4.78 is 4.96. The monoisotopic (exact) mass is 257 g/mol. The maximum atomic E-state index is 4.96. The molecule has 1 aliphatic rings. The van der Waals surface area contributed by atoms with Gasteiger partial charge in [-0.1, -0.05) is 0 Å². The molecule has 2 aromatic rings. The summed E-state index contributed by atoms with van der Waals surface area (Å²) >= 11 is 0. The Morgan fingerprint density at radius 1 is 1.21 bits per heavy atom. The lowest BCUT2D eigenvalue weighted by Gasteiger charge is -2.03. The van der Waals surface area contributed by atoms with Crippen LogP contribution in [0, 0.1) is 0 Å². The third-order valence-corrected chi connectivity index (χ3v) is 2.96. The van der Waals surface area contributed by atoms with E-state index in [2.05, 4.69) is 25.5 Å². The molecular weight excluding hydrogens is 242 g/mol. The van der Waals surface area contributed by atoms with Crippen molar-refractivity contribution >= 4 is 0 Å². The van der Waals surface area contributed by atoms with Crippen LogP contribution in [0.1, 0.15) is 18.4 Å². The van der Waals surface area contributed by atoms with E-state index in [9.17, 15) is 0 Å². The van der Waals surface area contributed by atoms with Gasteiger partial charge in [-0.3, -0.25) is 0 Å². The van der Waals surface area contributed by atoms with Crippen molar-refractivity contribution in [2.45, 2.75) is 25.4 Å². The summed E-state index contributed by atoms with van der Waals surface area (Å²) in [5, 5.41) is 11.3. The standard InChI is InChI=1S/C13H15N5O/c1-19-12-5-4-11(17-18-12)13-15-7-9(8-16-13)6-14-10-2-3-10/h4-5,7-8,10,14H,2-3,6H2,1H3. The second kappa shape index (κ2) is 5.27. The molecule has 6 heteroatoms. The molecule has 1 saturated carbocycles.